The molecule has 1 heterocycles. The maximum atomic E-state index is 12.2. The van der Waals surface area contributed by atoms with Gasteiger partial charge in [0.25, 0.3) is 27.8 Å². The van der Waals surface area contributed by atoms with E-state index in [0.29, 0.717) is 5.56 Å². The van der Waals surface area contributed by atoms with Crippen molar-refractivity contribution in [3.05, 3.63) is 65.2 Å². The molecule has 1 aliphatic rings. The first kappa shape index (κ1) is 16.8. The second kappa shape index (κ2) is 6.11. The lowest BCUT2D eigenvalue weighted by Gasteiger charge is -2.09. The molecule has 0 radical (unpaired) electrons. The summed E-state index contributed by atoms with van der Waals surface area (Å²) in [6, 6.07) is 12.5. The number of hydrogen-bond donors (Lipinski definition) is 1. The number of nitrogens with zero attached hydrogens (tertiary/aromatic N) is 1. The van der Waals surface area contributed by atoms with E-state index in [1.165, 1.54) is 18.2 Å². The number of hydrogen-bond acceptors (Lipinski definition) is 6. The first-order valence-electron chi connectivity index (χ1n) is 7.05. The van der Waals surface area contributed by atoms with Crippen LogP contribution in [0.5, 0.6) is 0 Å². The van der Waals surface area contributed by atoms with Crippen molar-refractivity contribution in [3.63, 3.8) is 0 Å². The van der Waals surface area contributed by atoms with Crippen LogP contribution in [0.25, 0.3) is 0 Å². The maximum absolute atomic E-state index is 12.2. The molecule has 9 heteroatoms. The lowest BCUT2D eigenvalue weighted by atomic mass is 10.1. The molecule has 0 atom stereocenters. The standard InChI is InChI=1S/C16H12N2O6S/c1-25(22,23)24-18-15(20)12-8-7-11(9-13(12)16(18)21)17-14(19)10-5-3-2-4-6-10/h2-9H,1H3,(H,17,19). The van der Waals surface area contributed by atoms with Crippen LogP contribution in [0, 0.1) is 0 Å². The highest BCUT2D eigenvalue weighted by molar-refractivity contribution is 7.85. The molecule has 1 aliphatic heterocycles. The average Bonchev–Trinajstić information content (AvgIpc) is 2.79. The minimum Gasteiger partial charge on any atom is -0.322 e. The number of fused-ring (bicyclic) bond motifs is 1. The van der Waals surface area contributed by atoms with Gasteiger partial charge in [0.2, 0.25) is 0 Å². The van der Waals surface area contributed by atoms with Crippen LogP contribution in [-0.4, -0.2) is 37.5 Å². The fourth-order valence-corrected chi connectivity index (χ4v) is 2.70. The second-order valence-corrected chi connectivity index (χ2v) is 6.82. The van der Waals surface area contributed by atoms with Gasteiger partial charge in [-0.2, -0.15) is 8.42 Å². The van der Waals surface area contributed by atoms with Crippen molar-refractivity contribution < 1.29 is 27.1 Å². The fraction of sp³-hybridized carbons (Fsp3) is 0.0625. The molecule has 0 bridgehead atoms. The van der Waals surface area contributed by atoms with Crippen LogP contribution in [0.1, 0.15) is 31.1 Å². The Bertz CT molecular complexity index is 985. The first-order chi connectivity index (χ1) is 11.8. The number of imide groups is 1. The monoisotopic (exact) mass is 360 g/mol. The van der Waals surface area contributed by atoms with Gasteiger partial charge < -0.3 is 5.32 Å². The van der Waals surface area contributed by atoms with Crippen molar-refractivity contribution in [2.75, 3.05) is 11.6 Å². The Balaban J connectivity index is 1.86. The van der Waals surface area contributed by atoms with E-state index in [0.717, 1.165) is 6.26 Å². The topological polar surface area (TPSA) is 110 Å². The Kier molecular flexibility index (Phi) is 4.11. The molecule has 0 fully saturated rings. The summed E-state index contributed by atoms with van der Waals surface area (Å²) in [5.74, 6) is -2.19. The first-order valence-corrected chi connectivity index (χ1v) is 8.87. The van der Waals surface area contributed by atoms with E-state index in [1.807, 2.05) is 0 Å². The molecule has 0 spiro atoms. The maximum Gasteiger partial charge on any atom is 0.287 e. The van der Waals surface area contributed by atoms with E-state index in [1.54, 1.807) is 30.3 Å². The van der Waals surface area contributed by atoms with Gasteiger partial charge in [0.1, 0.15) is 0 Å². The summed E-state index contributed by atoms with van der Waals surface area (Å²) in [6.45, 7) is 0. The van der Waals surface area contributed by atoms with Gasteiger partial charge in [0.05, 0.1) is 17.4 Å². The van der Waals surface area contributed by atoms with Gasteiger partial charge in [-0.1, -0.05) is 18.2 Å². The molecule has 0 aliphatic carbocycles. The quantitative estimate of drug-likeness (QED) is 0.826. The average molecular weight is 360 g/mol. The molecule has 0 unspecified atom stereocenters. The lowest BCUT2D eigenvalue weighted by Crippen LogP contribution is -2.32. The third-order valence-corrected chi connectivity index (χ3v) is 3.77. The summed E-state index contributed by atoms with van der Waals surface area (Å²) in [6.07, 6.45) is 0.724. The number of rotatable bonds is 4. The van der Waals surface area contributed by atoms with Crippen molar-refractivity contribution in [2.24, 2.45) is 0 Å². The summed E-state index contributed by atoms with van der Waals surface area (Å²) in [7, 11) is -4.04. The SMILES string of the molecule is CS(=O)(=O)ON1C(=O)c2ccc(NC(=O)c3ccccc3)cc2C1=O. The summed E-state index contributed by atoms with van der Waals surface area (Å²) >= 11 is 0. The summed E-state index contributed by atoms with van der Waals surface area (Å²) in [5, 5.41) is 2.79. The molecule has 0 saturated carbocycles. The van der Waals surface area contributed by atoms with E-state index in [4.69, 9.17) is 0 Å². The van der Waals surface area contributed by atoms with E-state index in [-0.39, 0.29) is 27.8 Å². The number of anilines is 1. The van der Waals surface area contributed by atoms with Crippen LogP contribution >= 0.6 is 0 Å². The van der Waals surface area contributed by atoms with Gasteiger partial charge in [0, 0.05) is 11.3 Å². The normalized spacial score (nSPS) is 13.7. The smallest absolute Gasteiger partial charge is 0.287 e. The molecule has 2 aromatic carbocycles. The molecular weight excluding hydrogens is 348 g/mol. The zero-order valence-corrected chi connectivity index (χ0v) is 13.7. The molecule has 25 heavy (non-hydrogen) atoms. The summed E-state index contributed by atoms with van der Waals surface area (Å²) < 4.78 is 26.8. The van der Waals surface area contributed by atoms with Crippen LogP contribution in [0.3, 0.4) is 0 Å². The van der Waals surface area contributed by atoms with Crippen molar-refractivity contribution in [1.29, 1.82) is 0 Å². The van der Waals surface area contributed by atoms with E-state index in [9.17, 15) is 22.8 Å². The van der Waals surface area contributed by atoms with Gasteiger partial charge in [-0.05, 0) is 30.3 Å². The fourth-order valence-electron chi connectivity index (χ4n) is 2.29. The van der Waals surface area contributed by atoms with Crippen LogP contribution in [-0.2, 0) is 14.4 Å². The predicted octanol–water partition coefficient (Wildman–Crippen LogP) is 1.43. The third kappa shape index (κ3) is 3.42. The Labute approximate surface area is 143 Å². The predicted molar refractivity (Wildman–Crippen MR) is 87.3 cm³/mol. The minimum atomic E-state index is -4.04. The highest BCUT2D eigenvalue weighted by atomic mass is 32.2. The Hall–Kier alpha value is -3.04. The van der Waals surface area contributed by atoms with E-state index in [2.05, 4.69) is 9.60 Å². The van der Waals surface area contributed by atoms with Gasteiger partial charge in [-0.15, -0.1) is 9.35 Å². The molecule has 3 rings (SSSR count). The molecule has 0 aromatic heterocycles. The van der Waals surface area contributed by atoms with Crippen LogP contribution in [0.2, 0.25) is 0 Å². The van der Waals surface area contributed by atoms with Gasteiger partial charge in [-0.3, -0.25) is 14.4 Å². The molecule has 0 saturated heterocycles. The minimum absolute atomic E-state index is 0.00800. The zero-order valence-electron chi connectivity index (χ0n) is 12.9. The van der Waals surface area contributed by atoms with Crippen molar-refractivity contribution in [2.45, 2.75) is 0 Å². The Morgan fingerprint density at radius 2 is 1.64 bits per heavy atom. The molecule has 1 N–H and O–H groups in total. The van der Waals surface area contributed by atoms with Crippen molar-refractivity contribution >= 4 is 33.5 Å². The zero-order chi connectivity index (χ0) is 18.2. The van der Waals surface area contributed by atoms with E-state index >= 15 is 0 Å². The summed E-state index contributed by atoms with van der Waals surface area (Å²) in [4.78, 5) is 36.4. The van der Waals surface area contributed by atoms with Crippen molar-refractivity contribution in [1.82, 2.24) is 5.06 Å². The highest BCUT2D eigenvalue weighted by Crippen LogP contribution is 2.27. The number of benzene rings is 2. The molecule has 3 amide bonds. The van der Waals surface area contributed by atoms with Crippen LogP contribution < -0.4 is 5.32 Å². The van der Waals surface area contributed by atoms with Gasteiger partial charge >= 0.3 is 0 Å². The second-order valence-electron chi connectivity index (χ2n) is 5.26. The number of nitrogens with one attached hydrogen (secondary N) is 1. The Morgan fingerprint density at radius 3 is 2.28 bits per heavy atom. The van der Waals surface area contributed by atoms with Gasteiger partial charge in [0.15, 0.2) is 0 Å². The molecule has 128 valence electrons. The Morgan fingerprint density at radius 1 is 1.00 bits per heavy atom. The van der Waals surface area contributed by atoms with Gasteiger partial charge in [-0.25, -0.2) is 0 Å². The largest absolute Gasteiger partial charge is 0.322 e. The number of carbonyl (C=O) groups is 3. The van der Waals surface area contributed by atoms with Crippen LogP contribution in [0.4, 0.5) is 5.69 Å². The molecule has 2 aromatic rings. The van der Waals surface area contributed by atoms with E-state index < -0.39 is 21.9 Å². The number of carbonyl (C=O) groups excluding carboxylic acids is 3. The highest BCUT2D eigenvalue weighted by Gasteiger charge is 2.39. The molecular formula is C16H12N2O6S. The van der Waals surface area contributed by atoms with Crippen molar-refractivity contribution in [3.8, 4) is 0 Å². The lowest BCUT2D eigenvalue weighted by molar-refractivity contribution is -0.00980. The summed E-state index contributed by atoms with van der Waals surface area (Å²) in [5.41, 5.74) is 0.647. The number of hydroxylamine groups is 2. The number of amides is 3. The van der Waals surface area contributed by atoms with Crippen LogP contribution in [0.15, 0.2) is 48.5 Å². The third-order valence-electron chi connectivity index (χ3n) is 3.35. The molecule has 8 nitrogen and oxygen atoms in total.